The maximum absolute atomic E-state index is 9.65. The molecule has 0 saturated heterocycles. The molecule has 84 valence electrons. The third-order valence-corrected chi connectivity index (χ3v) is 3.31. The van der Waals surface area contributed by atoms with Gasteiger partial charge in [-0.05, 0) is 24.4 Å². The molecule has 0 aliphatic carbocycles. The molecule has 0 bridgehead atoms. The number of phenols is 1. The Bertz CT molecular complexity index is 451. The van der Waals surface area contributed by atoms with E-state index in [0.29, 0.717) is 12.3 Å². The summed E-state index contributed by atoms with van der Waals surface area (Å²) in [7, 11) is 0. The molecule has 0 radical (unpaired) electrons. The van der Waals surface area contributed by atoms with E-state index in [1.165, 1.54) is 10.4 Å². The predicted molar refractivity (Wildman–Crippen MR) is 67.7 cm³/mol. The average Bonchev–Trinajstić information content (AvgIpc) is 2.76. The Morgan fingerprint density at radius 3 is 2.88 bits per heavy atom. The summed E-state index contributed by atoms with van der Waals surface area (Å²) in [6.07, 6.45) is 0. The van der Waals surface area contributed by atoms with E-state index in [2.05, 4.69) is 16.8 Å². The van der Waals surface area contributed by atoms with Gasteiger partial charge < -0.3 is 10.4 Å². The van der Waals surface area contributed by atoms with Gasteiger partial charge in [0.25, 0.3) is 0 Å². The van der Waals surface area contributed by atoms with Gasteiger partial charge in [-0.2, -0.15) is 0 Å². The minimum Gasteiger partial charge on any atom is -0.508 e. The Balaban J connectivity index is 1.92. The van der Waals surface area contributed by atoms with Gasteiger partial charge in [0.15, 0.2) is 0 Å². The highest BCUT2D eigenvalue weighted by atomic mass is 32.1. The Morgan fingerprint density at radius 1 is 1.25 bits per heavy atom. The second-order valence-corrected chi connectivity index (χ2v) is 4.85. The fourth-order valence-corrected chi connectivity index (χ4v) is 2.26. The van der Waals surface area contributed by atoms with E-state index in [1.54, 1.807) is 17.4 Å². The first-order valence-corrected chi connectivity index (χ1v) is 6.15. The second-order valence-electron chi connectivity index (χ2n) is 3.82. The quantitative estimate of drug-likeness (QED) is 0.850. The molecule has 1 aromatic heterocycles. The summed E-state index contributed by atoms with van der Waals surface area (Å²) in [4.78, 5) is 1.31. The van der Waals surface area contributed by atoms with Gasteiger partial charge >= 0.3 is 0 Å². The summed E-state index contributed by atoms with van der Waals surface area (Å²) in [5.74, 6) is 0.365. The Kier molecular flexibility index (Phi) is 3.59. The SMILES string of the molecule is Cc1ccc(O)c(CNCc2cccs2)c1. The van der Waals surface area contributed by atoms with Crippen molar-refractivity contribution < 1.29 is 5.11 Å². The molecule has 0 aliphatic heterocycles. The lowest BCUT2D eigenvalue weighted by atomic mass is 10.1. The van der Waals surface area contributed by atoms with Crippen molar-refractivity contribution in [2.45, 2.75) is 20.0 Å². The highest BCUT2D eigenvalue weighted by Crippen LogP contribution is 2.18. The van der Waals surface area contributed by atoms with Crippen LogP contribution < -0.4 is 5.32 Å². The van der Waals surface area contributed by atoms with Crippen molar-refractivity contribution in [3.63, 3.8) is 0 Å². The number of hydrogen-bond acceptors (Lipinski definition) is 3. The second kappa shape index (κ2) is 5.14. The zero-order valence-electron chi connectivity index (χ0n) is 9.23. The topological polar surface area (TPSA) is 32.3 Å². The number of aromatic hydroxyl groups is 1. The van der Waals surface area contributed by atoms with Gasteiger partial charge in [0.2, 0.25) is 0 Å². The first-order chi connectivity index (χ1) is 7.75. The van der Waals surface area contributed by atoms with E-state index in [0.717, 1.165) is 12.1 Å². The third kappa shape index (κ3) is 2.84. The molecule has 3 heteroatoms. The molecule has 1 aromatic carbocycles. The molecule has 1 heterocycles. The van der Waals surface area contributed by atoms with E-state index in [1.807, 2.05) is 25.1 Å². The molecule has 2 aromatic rings. The van der Waals surface area contributed by atoms with Crippen molar-refractivity contribution in [1.29, 1.82) is 0 Å². The molecule has 0 aliphatic rings. The first-order valence-electron chi connectivity index (χ1n) is 5.27. The summed E-state index contributed by atoms with van der Waals surface area (Å²) < 4.78 is 0. The van der Waals surface area contributed by atoms with Crippen LogP contribution in [0.1, 0.15) is 16.0 Å². The minimum atomic E-state index is 0.365. The lowest BCUT2D eigenvalue weighted by Gasteiger charge is -2.06. The molecule has 2 N–H and O–H groups in total. The van der Waals surface area contributed by atoms with E-state index in [-0.39, 0.29) is 0 Å². The Labute approximate surface area is 99.6 Å². The maximum Gasteiger partial charge on any atom is 0.120 e. The molecule has 2 nitrogen and oxygen atoms in total. The fraction of sp³-hybridized carbons (Fsp3) is 0.231. The molecule has 0 spiro atoms. The first kappa shape index (κ1) is 11.2. The van der Waals surface area contributed by atoms with Crippen LogP contribution in [-0.4, -0.2) is 5.11 Å². The largest absolute Gasteiger partial charge is 0.508 e. The smallest absolute Gasteiger partial charge is 0.120 e. The molecule has 0 amide bonds. The van der Waals surface area contributed by atoms with E-state index >= 15 is 0 Å². The molecule has 16 heavy (non-hydrogen) atoms. The van der Waals surface area contributed by atoms with Crippen LogP contribution in [0.4, 0.5) is 0 Å². The third-order valence-electron chi connectivity index (χ3n) is 2.43. The van der Waals surface area contributed by atoms with Gasteiger partial charge in [0, 0.05) is 23.5 Å². The monoisotopic (exact) mass is 233 g/mol. The van der Waals surface area contributed by atoms with Gasteiger partial charge in [-0.25, -0.2) is 0 Å². The zero-order valence-corrected chi connectivity index (χ0v) is 10.1. The van der Waals surface area contributed by atoms with E-state index in [4.69, 9.17) is 0 Å². The number of rotatable bonds is 4. The van der Waals surface area contributed by atoms with Crippen molar-refractivity contribution in [1.82, 2.24) is 5.32 Å². The zero-order chi connectivity index (χ0) is 11.4. The summed E-state index contributed by atoms with van der Waals surface area (Å²) >= 11 is 1.74. The molecule has 0 saturated carbocycles. The van der Waals surface area contributed by atoms with Crippen LogP contribution in [0.2, 0.25) is 0 Å². The van der Waals surface area contributed by atoms with Crippen LogP contribution in [0.25, 0.3) is 0 Å². The number of benzene rings is 1. The van der Waals surface area contributed by atoms with Crippen LogP contribution in [0, 0.1) is 6.92 Å². The molecular formula is C13H15NOS. The number of hydrogen-bond donors (Lipinski definition) is 2. The highest BCUT2D eigenvalue weighted by Gasteiger charge is 2.01. The Morgan fingerprint density at radius 2 is 2.12 bits per heavy atom. The fourth-order valence-electron chi connectivity index (χ4n) is 1.59. The van der Waals surface area contributed by atoms with Crippen LogP contribution in [0.15, 0.2) is 35.7 Å². The molecule has 0 atom stereocenters. The summed E-state index contributed by atoms with van der Waals surface area (Å²) in [5.41, 5.74) is 2.13. The number of thiophene rings is 1. The molecule has 0 fully saturated rings. The van der Waals surface area contributed by atoms with E-state index in [9.17, 15) is 5.11 Å². The lowest BCUT2D eigenvalue weighted by Crippen LogP contribution is -2.11. The van der Waals surface area contributed by atoms with Gasteiger partial charge in [-0.1, -0.05) is 23.8 Å². The number of phenolic OH excluding ortho intramolecular Hbond substituents is 1. The van der Waals surface area contributed by atoms with Crippen molar-refractivity contribution >= 4 is 11.3 Å². The maximum atomic E-state index is 9.65. The minimum absolute atomic E-state index is 0.365. The normalized spacial score (nSPS) is 10.6. The standard InChI is InChI=1S/C13H15NOS/c1-10-4-5-13(15)11(7-10)8-14-9-12-3-2-6-16-12/h2-7,14-15H,8-9H2,1H3. The molecular weight excluding hydrogens is 218 g/mol. The molecule has 0 unspecified atom stereocenters. The van der Waals surface area contributed by atoms with Gasteiger partial charge in [0.05, 0.1) is 0 Å². The Hall–Kier alpha value is -1.32. The lowest BCUT2D eigenvalue weighted by molar-refractivity contribution is 0.464. The molecule has 2 rings (SSSR count). The van der Waals surface area contributed by atoms with Gasteiger partial charge in [-0.15, -0.1) is 11.3 Å². The van der Waals surface area contributed by atoms with E-state index < -0.39 is 0 Å². The summed E-state index contributed by atoms with van der Waals surface area (Å²) in [6.45, 7) is 3.58. The number of nitrogens with one attached hydrogen (secondary N) is 1. The van der Waals surface area contributed by atoms with Crippen LogP contribution in [0.3, 0.4) is 0 Å². The van der Waals surface area contributed by atoms with Crippen LogP contribution in [-0.2, 0) is 13.1 Å². The van der Waals surface area contributed by atoms with Crippen LogP contribution >= 0.6 is 11.3 Å². The number of aryl methyl sites for hydroxylation is 1. The van der Waals surface area contributed by atoms with Crippen molar-refractivity contribution in [3.8, 4) is 5.75 Å². The summed E-state index contributed by atoms with van der Waals surface area (Å²) in [6, 6.07) is 9.83. The van der Waals surface area contributed by atoms with Gasteiger partial charge in [-0.3, -0.25) is 0 Å². The average molecular weight is 233 g/mol. The summed E-state index contributed by atoms with van der Waals surface area (Å²) in [5, 5.41) is 15.0. The highest BCUT2D eigenvalue weighted by molar-refractivity contribution is 7.09. The van der Waals surface area contributed by atoms with Crippen molar-refractivity contribution in [3.05, 3.63) is 51.7 Å². The van der Waals surface area contributed by atoms with Gasteiger partial charge in [0.1, 0.15) is 5.75 Å². The van der Waals surface area contributed by atoms with Crippen LogP contribution in [0.5, 0.6) is 5.75 Å². The van der Waals surface area contributed by atoms with Crippen molar-refractivity contribution in [2.75, 3.05) is 0 Å². The predicted octanol–water partition coefficient (Wildman–Crippen LogP) is 3.05. The van der Waals surface area contributed by atoms with Crippen molar-refractivity contribution in [2.24, 2.45) is 0 Å².